The quantitative estimate of drug-likeness (QED) is 0.0294. The number of carbonyl (C=O) groups excluding carboxylic acids is 10. The summed E-state index contributed by atoms with van der Waals surface area (Å²) >= 11 is 7.28. The highest BCUT2D eigenvalue weighted by Crippen LogP contribution is 2.26. The van der Waals surface area contributed by atoms with Gasteiger partial charge in [-0.1, -0.05) is 11.6 Å². The number of carbonyl (C=O) groups is 10. The van der Waals surface area contributed by atoms with Gasteiger partial charge in [0.15, 0.2) is 11.6 Å². The van der Waals surface area contributed by atoms with Crippen molar-refractivity contribution in [2.24, 2.45) is 55.1 Å². The van der Waals surface area contributed by atoms with E-state index in [2.05, 4.69) is 68.0 Å². The van der Waals surface area contributed by atoms with Gasteiger partial charge in [-0.05, 0) is 87.7 Å². The molecule has 486 valence electrons. The van der Waals surface area contributed by atoms with Crippen molar-refractivity contribution in [3.63, 3.8) is 0 Å². The third kappa shape index (κ3) is 17.4. The third-order valence-electron chi connectivity index (χ3n) is 14.3. The van der Waals surface area contributed by atoms with E-state index in [0.717, 1.165) is 25.9 Å². The van der Waals surface area contributed by atoms with Crippen LogP contribution < -0.4 is 58.9 Å². The van der Waals surface area contributed by atoms with Crippen molar-refractivity contribution < 1.29 is 47.9 Å². The molecule has 0 aliphatic rings. The Morgan fingerprint density at radius 3 is 1.32 bits per heavy atom. The Morgan fingerprint density at radius 1 is 0.446 bits per heavy atom. The maximum atomic E-state index is 13.5. The molecule has 0 aliphatic carbocycles. The van der Waals surface area contributed by atoms with Gasteiger partial charge in [0.05, 0.1) is 33.5 Å². The van der Waals surface area contributed by atoms with Crippen LogP contribution in [0.5, 0.6) is 0 Å². The number of nitrogens with two attached hydrogens (primary N) is 1. The Labute approximate surface area is 536 Å². The number of amides is 10. The number of anilines is 7. The molecule has 8 heterocycles. The van der Waals surface area contributed by atoms with E-state index in [1.54, 1.807) is 94.7 Å². The topological polar surface area (TPSA) is 381 Å². The summed E-state index contributed by atoms with van der Waals surface area (Å²) in [6.07, 6.45) is 12.7. The van der Waals surface area contributed by atoms with Crippen molar-refractivity contribution >= 4 is 122 Å². The summed E-state index contributed by atoms with van der Waals surface area (Å²) in [6.45, 7) is 3.08. The van der Waals surface area contributed by atoms with Crippen LogP contribution in [0.4, 0.5) is 40.1 Å². The smallest absolute Gasteiger partial charge is 0.291 e. The number of hydrogen-bond donors (Lipinski definition) is 11. The highest BCUT2D eigenvalue weighted by molar-refractivity contribution is 7.12. The SMILES string of the molecule is CN(CCCN)CCCNC(=O)CCNC(=O)c1cc(NC(=O)c2cc(NC(=O)c3nc(NC(=O)c4cc(NC(=O)CCCNC(=O)c5nc(NC(=O)c6cc(NC(=O)c7cc(NC(=O)c8sccc8Cl)cn7C)cn6C)cn5C)cn4C)cn3C)cn2C)cn1C. The molecule has 0 aliphatic heterocycles. The molecule has 0 radical (unpaired) electrons. The zero-order valence-electron chi connectivity index (χ0n) is 51.8. The van der Waals surface area contributed by atoms with Gasteiger partial charge in [0.2, 0.25) is 23.5 Å². The number of hydrogen-bond acceptors (Lipinski definition) is 15. The molecule has 0 unspecified atom stereocenters. The Morgan fingerprint density at radius 2 is 0.848 bits per heavy atom. The van der Waals surface area contributed by atoms with E-state index in [0.29, 0.717) is 45.7 Å². The predicted octanol–water partition coefficient (Wildman–Crippen LogP) is 4.13. The molecule has 8 rings (SSSR count). The van der Waals surface area contributed by atoms with E-state index in [-0.39, 0.29) is 95.7 Å². The number of halogens is 1. The van der Waals surface area contributed by atoms with Crippen LogP contribution in [0.2, 0.25) is 5.02 Å². The highest BCUT2D eigenvalue weighted by Gasteiger charge is 2.24. The monoisotopic (exact) mass is 1300 g/mol. The second-order valence-electron chi connectivity index (χ2n) is 21.6. The molecule has 10 amide bonds. The Balaban J connectivity index is 0.739. The van der Waals surface area contributed by atoms with Gasteiger partial charge in [0.1, 0.15) is 33.3 Å². The second-order valence-corrected chi connectivity index (χ2v) is 23.0. The number of thiophene rings is 1. The van der Waals surface area contributed by atoms with Crippen LogP contribution in [0.1, 0.15) is 115 Å². The van der Waals surface area contributed by atoms with Crippen LogP contribution in [0.15, 0.2) is 85.2 Å². The lowest BCUT2D eigenvalue weighted by molar-refractivity contribution is -0.121. The standard InChI is InChI=1S/C59H72ClN21O10S/c1-74(19-10-15-61)20-11-17-62-47(82)13-18-64-52(84)40-23-35(28-75(40)2)66-54(86)42-26-38(31-78(42)5)69-59(91)51-71-46(33-81(51)8)73-55(87)43-22-34(27-76(43)3)65-48(83)12-9-16-63-58(90)50-70-45(32-80(50)7)72-56(88)44-24-36(29-79(44)6)67-53(85)41-25-37(30-77(41)4)68-57(89)49-39(60)14-21-92-49/h14,21-33H,9-13,15-20,61H2,1-8H3,(H,62,82)(H,63,90)(H,64,84)(H,65,83)(H,66,86)(H,67,85)(H,68,89)(H,69,91)(H,72,88)(H,73,87). The number of imidazole rings is 2. The van der Waals surface area contributed by atoms with Crippen molar-refractivity contribution in [1.82, 2.24) is 62.8 Å². The Kier molecular flexibility index (Phi) is 22.2. The second kappa shape index (κ2) is 30.3. The van der Waals surface area contributed by atoms with Crippen molar-refractivity contribution in [2.45, 2.75) is 32.1 Å². The van der Waals surface area contributed by atoms with Crippen LogP contribution in [0, 0.1) is 0 Å². The predicted molar refractivity (Wildman–Crippen MR) is 346 cm³/mol. The average molecular weight is 1300 g/mol. The largest absolute Gasteiger partial charge is 0.356 e. The molecule has 33 heteroatoms. The van der Waals surface area contributed by atoms with Crippen molar-refractivity contribution in [3.05, 3.63) is 135 Å². The van der Waals surface area contributed by atoms with E-state index >= 15 is 0 Å². The van der Waals surface area contributed by atoms with Gasteiger partial charge in [-0.15, -0.1) is 11.3 Å². The first kappa shape index (κ1) is 67.4. The van der Waals surface area contributed by atoms with E-state index in [9.17, 15) is 47.9 Å². The molecule has 92 heavy (non-hydrogen) atoms. The normalized spacial score (nSPS) is 11.1. The molecule has 0 fully saturated rings. The van der Waals surface area contributed by atoms with Gasteiger partial charge < -0.3 is 95.8 Å². The molecule has 31 nitrogen and oxygen atoms in total. The van der Waals surface area contributed by atoms with E-state index in [1.807, 2.05) is 7.05 Å². The molecule has 0 aromatic carbocycles. The van der Waals surface area contributed by atoms with Gasteiger partial charge in [0, 0.05) is 125 Å². The minimum Gasteiger partial charge on any atom is -0.356 e. The first-order chi connectivity index (χ1) is 43.8. The summed E-state index contributed by atoms with van der Waals surface area (Å²) in [5, 5.41) is 29.4. The van der Waals surface area contributed by atoms with Gasteiger partial charge in [-0.25, -0.2) is 9.97 Å². The van der Waals surface area contributed by atoms with Gasteiger partial charge >= 0.3 is 0 Å². The summed E-state index contributed by atoms with van der Waals surface area (Å²) < 4.78 is 10.4. The third-order valence-corrected chi connectivity index (χ3v) is 15.6. The molecular formula is C59H72ClN21O10S. The molecule has 0 bridgehead atoms. The molecule has 0 saturated heterocycles. The van der Waals surface area contributed by atoms with Gasteiger partial charge in [-0.3, -0.25) is 47.9 Å². The highest BCUT2D eigenvalue weighted by atomic mass is 35.5. The van der Waals surface area contributed by atoms with Gasteiger partial charge in [0.25, 0.3) is 47.3 Å². The lowest BCUT2D eigenvalue weighted by Crippen LogP contribution is -2.33. The summed E-state index contributed by atoms with van der Waals surface area (Å²) in [4.78, 5) is 142. The number of rotatable bonds is 29. The first-order valence-corrected chi connectivity index (χ1v) is 30.1. The number of nitrogens with one attached hydrogen (secondary N) is 10. The van der Waals surface area contributed by atoms with Crippen LogP contribution in [-0.4, -0.2) is 152 Å². The van der Waals surface area contributed by atoms with Crippen LogP contribution in [-0.2, 0) is 58.9 Å². The van der Waals surface area contributed by atoms with Crippen LogP contribution in [0.3, 0.4) is 0 Å². The molecule has 8 aromatic rings. The fourth-order valence-corrected chi connectivity index (χ4v) is 10.7. The molecule has 12 N–H and O–H groups in total. The zero-order valence-corrected chi connectivity index (χ0v) is 53.4. The number of aryl methyl sites for hydroxylation is 7. The number of aromatic nitrogens is 9. The fraction of sp³-hybridized carbons (Fsp3) is 0.322. The van der Waals surface area contributed by atoms with Crippen molar-refractivity contribution in [3.8, 4) is 0 Å². The van der Waals surface area contributed by atoms with Gasteiger partial charge in [-0.2, -0.15) is 0 Å². The summed E-state index contributed by atoms with van der Waals surface area (Å²) in [7, 11) is 13.3. The van der Waals surface area contributed by atoms with Crippen LogP contribution >= 0.6 is 22.9 Å². The average Bonchev–Trinajstić information content (AvgIpc) is 1.90. The molecule has 0 spiro atoms. The van der Waals surface area contributed by atoms with E-state index in [1.165, 1.54) is 83.1 Å². The fourth-order valence-electron chi connectivity index (χ4n) is 9.62. The number of nitrogens with zero attached hydrogens (tertiary/aromatic N) is 10. The summed E-state index contributed by atoms with van der Waals surface area (Å²) in [5.74, 6) is -4.74. The molecular weight excluding hydrogens is 1230 g/mol. The molecule has 0 atom stereocenters. The van der Waals surface area contributed by atoms with Crippen molar-refractivity contribution in [2.75, 3.05) is 83.5 Å². The summed E-state index contributed by atoms with van der Waals surface area (Å²) in [5.41, 5.74) is 8.19. The zero-order chi connectivity index (χ0) is 66.5. The molecule has 0 saturated carbocycles. The minimum atomic E-state index is -0.642. The Bertz CT molecular complexity index is 4100. The first-order valence-electron chi connectivity index (χ1n) is 28.9. The van der Waals surface area contributed by atoms with Crippen molar-refractivity contribution in [1.29, 1.82) is 0 Å². The maximum absolute atomic E-state index is 13.5. The Hall–Kier alpha value is -10.6. The minimum absolute atomic E-state index is 0.00149. The molecule has 8 aromatic heterocycles. The van der Waals surface area contributed by atoms with E-state index in [4.69, 9.17) is 17.3 Å². The lowest BCUT2D eigenvalue weighted by Gasteiger charge is -2.15. The lowest BCUT2D eigenvalue weighted by atomic mass is 10.3. The summed E-state index contributed by atoms with van der Waals surface area (Å²) in [6, 6.07) is 9.03. The van der Waals surface area contributed by atoms with E-state index < -0.39 is 53.2 Å². The van der Waals surface area contributed by atoms with Crippen LogP contribution in [0.25, 0.3) is 0 Å². The maximum Gasteiger partial charge on any atom is 0.291 e.